The third kappa shape index (κ3) is 4.11. The minimum absolute atomic E-state index is 0.0520. The zero-order chi connectivity index (χ0) is 14.4. The highest BCUT2D eigenvalue weighted by Gasteiger charge is 2.16. The second-order valence-electron chi connectivity index (χ2n) is 5.19. The molecule has 1 rings (SSSR count). The smallest absolute Gasteiger partial charge is 0.220 e. The summed E-state index contributed by atoms with van der Waals surface area (Å²) in [7, 11) is 1.99. The minimum Gasteiger partial charge on any atom is -0.371 e. The fourth-order valence-electron chi connectivity index (χ4n) is 2.49. The van der Waals surface area contributed by atoms with E-state index >= 15 is 0 Å². The van der Waals surface area contributed by atoms with Crippen molar-refractivity contribution in [2.45, 2.75) is 40.0 Å². The Bertz CT molecular complexity index is 463. The molecule has 0 aliphatic heterocycles. The number of anilines is 1. The van der Waals surface area contributed by atoms with Gasteiger partial charge in [0.2, 0.25) is 5.43 Å². The monoisotopic (exact) mass is 282 g/mol. The lowest BCUT2D eigenvalue weighted by Gasteiger charge is -2.24. The van der Waals surface area contributed by atoms with Gasteiger partial charge in [0.15, 0.2) is 0 Å². The van der Waals surface area contributed by atoms with Crippen LogP contribution in [-0.4, -0.2) is 38.1 Å². The Morgan fingerprint density at radius 3 is 2.26 bits per heavy atom. The molecule has 108 valence electrons. The van der Waals surface area contributed by atoms with E-state index in [2.05, 4.69) is 23.6 Å². The molecule has 19 heavy (non-hydrogen) atoms. The van der Waals surface area contributed by atoms with Crippen LogP contribution in [0, 0.1) is 11.4 Å². The Balaban J connectivity index is 2.30. The average molecular weight is 282 g/mol. The topological polar surface area (TPSA) is 23.6 Å². The maximum absolute atomic E-state index is 11.6. The zero-order valence-electron chi connectivity index (χ0n) is 12.7. The molecular weight excluding hydrogens is 256 g/mol. The van der Waals surface area contributed by atoms with Crippen molar-refractivity contribution >= 4 is 17.9 Å². The fraction of sp³-hybridized carbons (Fsp3) is 0.733. The highest BCUT2D eigenvalue weighted by Crippen LogP contribution is 2.18. The van der Waals surface area contributed by atoms with Gasteiger partial charge in [0.25, 0.3) is 0 Å². The van der Waals surface area contributed by atoms with Gasteiger partial charge >= 0.3 is 0 Å². The molecule has 0 saturated heterocycles. The lowest BCUT2D eigenvalue weighted by Crippen LogP contribution is -2.31. The molecule has 0 aliphatic carbocycles. The maximum Gasteiger partial charge on any atom is 0.220 e. The molecule has 0 atom stereocenters. The standard InChI is InChI=1S/C15H26N2OS/c1-5-9-17(6-2)11-8-7-10-16(4)13-12(3)15(19)14(13)18/h5-11H2,1-4H3. The third-order valence-corrected chi connectivity index (χ3v) is 4.20. The van der Waals surface area contributed by atoms with E-state index in [9.17, 15) is 4.79 Å². The first-order valence-corrected chi connectivity index (χ1v) is 7.67. The van der Waals surface area contributed by atoms with Gasteiger partial charge in [-0.15, -0.1) is 0 Å². The summed E-state index contributed by atoms with van der Waals surface area (Å²) >= 11 is 5.00. The Morgan fingerprint density at radius 1 is 1.11 bits per heavy atom. The van der Waals surface area contributed by atoms with Gasteiger partial charge in [0.05, 0.1) is 10.2 Å². The van der Waals surface area contributed by atoms with Crippen LogP contribution in [-0.2, 0) is 0 Å². The van der Waals surface area contributed by atoms with E-state index in [0.717, 1.165) is 37.3 Å². The van der Waals surface area contributed by atoms with Crippen molar-refractivity contribution in [2.75, 3.05) is 38.1 Å². The van der Waals surface area contributed by atoms with E-state index in [4.69, 9.17) is 12.2 Å². The van der Waals surface area contributed by atoms with E-state index in [1.165, 1.54) is 19.4 Å². The van der Waals surface area contributed by atoms with Crippen molar-refractivity contribution in [2.24, 2.45) is 0 Å². The highest BCUT2D eigenvalue weighted by atomic mass is 32.1. The van der Waals surface area contributed by atoms with Gasteiger partial charge in [-0.1, -0.05) is 26.1 Å². The lowest BCUT2D eigenvalue weighted by atomic mass is 10.1. The van der Waals surface area contributed by atoms with Gasteiger partial charge in [0, 0.05) is 13.6 Å². The molecular formula is C15H26N2OS. The number of hydrogen-bond donors (Lipinski definition) is 0. The van der Waals surface area contributed by atoms with Crippen LogP contribution in [0.4, 0.5) is 5.69 Å². The normalized spacial score (nSPS) is 11.4. The molecule has 1 aromatic carbocycles. The van der Waals surface area contributed by atoms with Crippen molar-refractivity contribution in [3.63, 3.8) is 0 Å². The van der Waals surface area contributed by atoms with Gasteiger partial charge in [-0.3, -0.25) is 4.79 Å². The second kappa shape index (κ2) is 7.75. The van der Waals surface area contributed by atoms with Crippen LogP contribution < -0.4 is 10.3 Å². The van der Waals surface area contributed by atoms with Crippen molar-refractivity contribution < 1.29 is 0 Å². The van der Waals surface area contributed by atoms with Crippen LogP contribution in [0.25, 0.3) is 0 Å². The van der Waals surface area contributed by atoms with Crippen molar-refractivity contribution in [3.8, 4) is 0 Å². The molecule has 0 radical (unpaired) electrons. The van der Waals surface area contributed by atoms with E-state index in [1.807, 2.05) is 14.0 Å². The summed E-state index contributed by atoms with van der Waals surface area (Å²) in [5.74, 6) is 0. The zero-order valence-corrected chi connectivity index (χ0v) is 13.5. The summed E-state index contributed by atoms with van der Waals surface area (Å²) in [5, 5.41) is 0. The molecule has 0 spiro atoms. The molecule has 0 bridgehead atoms. The number of hydrogen-bond acceptors (Lipinski definition) is 4. The van der Waals surface area contributed by atoms with Gasteiger partial charge < -0.3 is 9.80 Å². The van der Waals surface area contributed by atoms with Crippen molar-refractivity contribution in [1.29, 1.82) is 0 Å². The first kappa shape index (κ1) is 16.3. The molecule has 0 aromatic heterocycles. The van der Waals surface area contributed by atoms with Crippen LogP contribution in [0.2, 0.25) is 0 Å². The quantitative estimate of drug-likeness (QED) is 0.513. The summed E-state index contributed by atoms with van der Waals surface area (Å²) < 4.78 is 0.516. The molecule has 0 saturated carbocycles. The minimum atomic E-state index is 0.0520. The Hall–Kier alpha value is -0.740. The van der Waals surface area contributed by atoms with Gasteiger partial charge in [-0.25, -0.2) is 0 Å². The molecule has 0 aliphatic rings. The fourth-order valence-corrected chi connectivity index (χ4v) is 2.69. The summed E-state index contributed by atoms with van der Waals surface area (Å²) in [6.45, 7) is 10.8. The first-order valence-electron chi connectivity index (χ1n) is 7.26. The molecule has 1 aromatic rings. The summed E-state index contributed by atoms with van der Waals surface area (Å²) in [6.07, 6.45) is 3.52. The van der Waals surface area contributed by atoms with Crippen molar-refractivity contribution in [1.82, 2.24) is 4.90 Å². The summed E-state index contributed by atoms with van der Waals surface area (Å²) in [4.78, 5) is 16.2. The molecule has 3 nitrogen and oxygen atoms in total. The highest BCUT2D eigenvalue weighted by molar-refractivity contribution is 7.71. The van der Waals surface area contributed by atoms with E-state index in [1.54, 1.807) is 0 Å². The molecule has 0 fully saturated rings. The maximum atomic E-state index is 11.6. The van der Waals surface area contributed by atoms with Crippen LogP contribution in [0.3, 0.4) is 0 Å². The molecule has 0 heterocycles. The van der Waals surface area contributed by atoms with Crippen LogP contribution >= 0.6 is 12.2 Å². The summed E-state index contributed by atoms with van der Waals surface area (Å²) in [6, 6.07) is 0. The Labute approximate surface area is 121 Å². The van der Waals surface area contributed by atoms with Crippen LogP contribution in [0.1, 0.15) is 38.7 Å². The Morgan fingerprint density at radius 2 is 1.74 bits per heavy atom. The molecule has 0 N–H and O–H groups in total. The van der Waals surface area contributed by atoms with Crippen LogP contribution in [0.15, 0.2) is 4.79 Å². The van der Waals surface area contributed by atoms with E-state index < -0.39 is 0 Å². The van der Waals surface area contributed by atoms with Gasteiger partial charge in [-0.2, -0.15) is 0 Å². The SMILES string of the molecule is CCCN(CC)CCCCN(C)c1c(C)c(=S)c1=O. The van der Waals surface area contributed by atoms with Crippen LogP contribution in [0.5, 0.6) is 0 Å². The molecule has 0 amide bonds. The predicted octanol–water partition coefficient (Wildman–Crippen LogP) is 2.91. The van der Waals surface area contributed by atoms with Gasteiger partial charge in [0.1, 0.15) is 0 Å². The van der Waals surface area contributed by atoms with E-state index in [-0.39, 0.29) is 5.43 Å². The lowest BCUT2D eigenvalue weighted by molar-refractivity contribution is 0.283. The summed E-state index contributed by atoms with van der Waals surface area (Å²) in [5.41, 5.74) is 1.87. The number of nitrogens with zero attached hydrogens (tertiary/aromatic N) is 2. The first-order chi connectivity index (χ1) is 9.02. The average Bonchev–Trinajstić information content (AvgIpc) is 2.42. The van der Waals surface area contributed by atoms with Gasteiger partial charge in [-0.05, 0) is 51.4 Å². The van der Waals surface area contributed by atoms with E-state index in [0.29, 0.717) is 4.51 Å². The predicted molar refractivity (Wildman–Crippen MR) is 85.6 cm³/mol. The Kier molecular flexibility index (Phi) is 6.66. The van der Waals surface area contributed by atoms with Crippen molar-refractivity contribution in [3.05, 3.63) is 20.3 Å². The molecule has 4 heteroatoms. The number of unbranched alkanes of at least 4 members (excludes halogenated alkanes) is 1. The third-order valence-electron chi connectivity index (χ3n) is 3.70. The molecule has 0 unspecified atom stereocenters. The second-order valence-corrected chi connectivity index (χ2v) is 5.60. The largest absolute Gasteiger partial charge is 0.371 e. The number of rotatable bonds is 9.